The van der Waals surface area contributed by atoms with Gasteiger partial charge in [-0.05, 0) is 105 Å². The highest BCUT2D eigenvalue weighted by Crippen LogP contribution is 2.44. The van der Waals surface area contributed by atoms with Gasteiger partial charge in [0.2, 0.25) is 0 Å². The van der Waals surface area contributed by atoms with Crippen LogP contribution in [-0.4, -0.2) is 14.7 Å². The number of rotatable bonds is 4. The maximum absolute atomic E-state index is 6.49. The molecule has 5 rings (SSSR count). The third-order valence-electron chi connectivity index (χ3n) is 6.79. The largest absolute Gasteiger partial charge is 0.351 e. The number of anilines is 1. The summed E-state index contributed by atoms with van der Waals surface area (Å²) in [6.45, 7) is 8.47. The molecular weight excluding hydrogens is 540 g/mol. The van der Waals surface area contributed by atoms with E-state index in [0.29, 0.717) is 5.11 Å². The molecule has 35 heavy (non-hydrogen) atoms. The van der Waals surface area contributed by atoms with Crippen molar-refractivity contribution in [2.24, 2.45) is 0 Å². The van der Waals surface area contributed by atoms with Gasteiger partial charge in [0.1, 0.15) is 0 Å². The van der Waals surface area contributed by atoms with Crippen LogP contribution in [0.2, 0.25) is 5.02 Å². The summed E-state index contributed by atoms with van der Waals surface area (Å²) in [5.74, 6) is 0. The predicted octanol–water partition coefficient (Wildman–Crippen LogP) is 7.70. The van der Waals surface area contributed by atoms with Crippen LogP contribution in [0.4, 0.5) is 5.69 Å². The third-order valence-corrected chi connectivity index (χ3v) is 8.40. The molecule has 3 heterocycles. The number of nitrogens with zero attached hydrogens (tertiary/aromatic N) is 3. The molecule has 1 fully saturated rings. The van der Waals surface area contributed by atoms with E-state index in [2.05, 4.69) is 94.8 Å². The van der Waals surface area contributed by atoms with Crippen molar-refractivity contribution >= 4 is 50.5 Å². The van der Waals surface area contributed by atoms with Crippen LogP contribution in [0.15, 0.2) is 71.3 Å². The van der Waals surface area contributed by atoms with E-state index in [9.17, 15) is 0 Å². The Hall–Kier alpha value is -2.67. The fourth-order valence-electron chi connectivity index (χ4n) is 5.02. The van der Waals surface area contributed by atoms with Crippen LogP contribution in [0.5, 0.6) is 0 Å². The van der Waals surface area contributed by atoms with Gasteiger partial charge in [0.15, 0.2) is 5.11 Å². The van der Waals surface area contributed by atoms with E-state index in [1.54, 1.807) is 0 Å². The highest BCUT2D eigenvalue weighted by atomic mass is 79.9. The van der Waals surface area contributed by atoms with Crippen LogP contribution < -0.4 is 10.2 Å². The van der Waals surface area contributed by atoms with Crippen molar-refractivity contribution in [2.75, 3.05) is 4.90 Å². The predicted molar refractivity (Wildman–Crippen MR) is 152 cm³/mol. The summed E-state index contributed by atoms with van der Waals surface area (Å²) < 4.78 is 3.37. The fraction of sp³-hybridized carbons (Fsp3) is 0.214. The summed E-state index contributed by atoms with van der Waals surface area (Å²) in [5.41, 5.74) is 8.82. The van der Waals surface area contributed by atoms with E-state index in [1.165, 1.54) is 5.56 Å². The molecule has 2 aromatic carbocycles. The first-order chi connectivity index (χ1) is 16.8. The van der Waals surface area contributed by atoms with Crippen molar-refractivity contribution in [3.63, 3.8) is 0 Å². The molecule has 4 nitrogen and oxygen atoms in total. The maximum Gasteiger partial charge on any atom is 0.174 e. The molecule has 1 aliphatic rings. The van der Waals surface area contributed by atoms with Crippen molar-refractivity contribution in [1.82, 2.24) is 14.9 Å². The Morgan fingerprint density at radius 1 is 1.00 bits per heavy atom. The Morgan fingerprint density at radius 3 is 2.51 bits per heavy atom. The lowest BCUT2D eigenvalue weighted by atomic mass is 9.96. The van der Waals surface area contributed by atoms with Gasteiger partial charge >= 0.3 is 0 Å². The molecule has 2 aromatic heterocycles. The quantitative estimate of drug-likeness (QED) is 0.257. The van der Waals surface area contributed by atoms with Crippen LogP contribution in [-0.2, 0) is 0 Å². The number of thiocarbonyl (C=S) groups is 1. The first-order valence-electron chi connectivity index (χ1n) is 11.5. The number of halogens is 2. The third kappa shape index (κ3) is 4.18. The molecular formula is C28H26BrClN4S. The van der Waals surface area contributed by atoms with Crippen LogP contribution in [0.25, 0.3) is 5.69 Å². The number of aromatic nitrogens is 2. The molecule has 1 saturated heterocycles. The lowest BCUT2D eigenvalue weighted by Gasteiger charge is -2.28. The summed E-state index contributed by atoms with van der Waals surface area (Å²) in [5, 5.41) is 5.02. The van der Waals surface area contributed by atoms with Gasteiger partial charge in [-0.2, -0.15) is 0 Å². The molecule has 4 aromatic rings. The van der Waals surface area contributed by atoms with E-state index >= 15 is 0 Å². The van der Waals surface area contributed by atoms with Gasteiger partial charge in [0.05, 0.1) is 17.8 Å². The van der Waals surface area contributed by atoms with Crippen molar-refractivity contribution in [2.45, 2.75) is 39.8 Å². The molecule has 0 bridgehead atoms. The first kappa shape index (κ1) is 24.0. The van der Waals surface area contributed by atoms with Crippen LogP contribution in [0.3, 0.4) is 0 Å². The Labute approximate surface area is 225 Å². The minimum atomic E-state index is -0.0953. The zero-order valence-corrected chi connectivity index (χ0v) is 23.2. The van der Waals surface area contributed by atoms with E-state index in [4.69, 9.17) is 28.8 Å². The molecule has 1 aliphatic heterocycles. The summed E-state index contributed by atoms with van der Waals surface area (Å²) in [6.07, 6.45) is 1.84. The van der Waals surface area contributed by atoms with Crippen LogP contribution in [0.1, 0.15) is 45.9 Å². The Morgan fingerprint density at radius 2 is 1.80 bits per heavy atom. The summed E-state index contributed by atoms with van der Waals surface area (Å²) >= 11 is 16.0. The van der Waals surface area contributed by atoms with Gasteiger partial charge in [0.25, 0.3) is 0 Å². The number of benzene rings is 2. The van der Waals surface area contributed by atoms with E-state index < -0.39 is 0 Å². The first-order valence-corrected chi connectivity index (χ1v) is 13.1. The molecule has 1 N–H and O–H groups in total. The molecule has 0 unspecified atom stereocenters. The van der Waals surface area contributed by atoms with Gasteiger partial charge in [-0.15, -0.1) is 0 Å². The van der Waals surface area contributed by atoms with Crippen molar-refractivity contribution < 1.29 is 0 Å². The van der Waals surface area contributed by atoms with Gasteiger partial charge in [-0.3, -0.25) is 4.98 Å². The molecule has 178 valence electrons. The summed E-state index contributed by atoms with van der Waals surface area (Å²) in [4.78, 5) is 6.92. The van der Waals surface area contributed by atoms with Crippen LogP contribution >= 0.6 is 39.7 Å². The number of hydrogen-bond acceptors (Lipinski definition) is 2. The standard InChI is InChI=1S/C28H26BrClN4S/c1-16-14-20(11-12-22(16)29)34-27(26(32-28(34)35)24-9-5-6-13-31-24)21-15-17(2)33(19(21)4)25-10-7-8-23(30)18(25)3/h5-15,26-27H,1-4H3,(H,32,35)/t26-,27-/m0/s1. The summed E-state index contributed by atoms with van der Waals surface area (Å²) in [7, 11) is 0. The highest BCUT2D eigenvalue weighted by Gasteiger charge is 2.42. The second-order valence-electron chi connectivity index (χ2n) is 8.98. The molecule has 7 heteroatoms. The van der Waals surface area contributed by atoms with E-state index in [-0.39, 0.29) is 12.1 Å². The lowest BCUT2D eigenvalue weighted by Crippen LogP contribution is -2.29. The van der Waals surface area contributed by atoms with Gasteiger partial charge < -0.3 is 14.8 Å². The van der Waals surface area contributed by atoms with Crippen molar-refractivity contribution in [1.29, 1.82) is 0 Å². The molecule has 0 aliphatic carbocycles. The minimum Gasteiger partial charge on any atom is -0.351 e. The maximum atomic E-state index is 6.49. The zero-order chi connectivity index (χ0) is 24.9. The van der Waals surface area contributed by atoms with E-state index in [1.807, 2.05) is 30.5 Å². The average molecular weight is 566 g/mol. The normalized spacial score (nSPS) is 17.7. The van der Waals surface area contributed by atoms with Crippen molar-refractivity contribution in [3.8, 4) is 5.69 Å². The fourth-order valence-corrected chi connectivity index (χ4v) is 5.79. The second kappa shape index (κ2) is 9.41. The zero-order valence-electron chi connectivity index (χ0n) is 20.0. The smallest absolute Gasteiger partial charge is 0.174 e. The van der Waals surface area contributed by atoms with Gasteiger partial charge in [-0.1, -0.05) is 39.7 Å². The van der Waals surface area contributed by atoms with Crippen LogP contribution in [0, 0.1) is 27.7 Å². The number of hydrogen-bond donors (Lipinski definition) is 1. The Kier molecular flexibility index (Phi) is 6.47. The molecule has 0 radical (unpaired) electrons. The highest BCUT2D eigenvalue weighted by molar-refractivity contribution is 9.10. The molecule has 0 spiro atoms. The number of pyridine rings is 1. The average Bonchev–Trinajstić information content (AvgIpc) is 3.33. The molecule has 0 amide bonds. The minimum absolute atomic E-state index is 0.0718. The van der Waals surface area contributed by atoms with Crippen molar-refractivity contribution in [3.05, 3.63) is 110 Å². The second-order valence-corrected chi connectivity index (χ2v) is 10.6. The Balaban J connectivity index is 1.71. The molecule has 0 saturated carbocycles. The molecule has 2 atom stereocenters. The summed E-state index contributed by atoms with van der Waals surface area (Å²) in [6, 6.07) is 20.5. The van der Waals surface area contributed by atoms with Gasteiger partial charge in [0, 0.05) is 38.5 Å². The van der Waals surface area contributed by atoms with Gasteiger partial charge in [-0.25, -0.2) is 0 Å². The SMILES string of the molecule is Cc1cc(N2C(=S)N[C@@H](c3ccccn3)[C@@H]2c2cc(C)n(-c3cccc(Cl)c3C)c2C)ccc1Br. The number of nitrogens with one attached hydrogen (secondary N) is 1. The number of aryl methyl sites for hydroxylation is 2. The van der Waals surface area contributed by atoms with E-state index in [0.717, 1.165) is 49.1 Å². The lowest BCUT2D eigenvalue weighted by molar-refractivity contribution is 0.565. The monoisotopic (exact) mass is 564 g/mol. The Bertz CT molecular complexity index is 1430. The topological polar surface area (TPSA) is 33.1 Å².